The van der Waals surface area contributed by atoms with E-state index in [9.17, 15) is 4.79 Å². The lowest BCUT2D eigenvalue weighted by Gasteiger charge is -2.41. The number of carbonyl (C=O) groups is 1. The second-order valence-corrected chi connectivity index (χ2v) is 5.74. The molecule has 1 aromatic rings. The number of anilines is 1. The second-order valence-electron chi connectivity index (χ2n) is 4.82. The molecule has 5 heteroatoms. The maximum atomic E-state index is 12.2. The van der Waals surface area contributed by atoms with Crippen molar-refractivity contribution in [1.82, 2.24) is 0 Å². The molecule has 1 aliphatic heterocycles. The molecule has 2 atom stereocenters. The Labute approximate surface area is 121 Å². The van der Waals surface area contributed by atoms with E-state index in [4.69, 9.17) is 9.47 Å². The summed E-state index contributed by atoms with van der Waals surface area (Å²) in [6, 6.07) is 7.77. The highest BCUT2D eigenvalue weighted by Crippen LogP contribution is 2.32. The molecule has 0 aromatic heterocycles. The van der Waals surface area contributed by atoms with Crippen molar-refractivity contribution in [2.45, 2.75) is 18.9 Å². The van der Waals surface area contributed by atoms with Crippen LogP contribution in [0, 0.1) is 5.92 Å². The summed E-state index contributed by atoms with van der Waals surface area (Å²) in [7, 11) is 1.43. The van der Waals surface area contributed by atoms with Crippen molar-refractivity contribution in [3.8, 4) is 0 Å². The summed E-state index contributed by atoms with van der Waals surface area (Å²) in [5, 5.41) is 3.35. The van der Waals surface area contributed by atoms with Gasteiger partial charge in [-0.05, 0) is 24.3 Å². The van der Waals surface area contributed by atoms with E-state index < -0.39 is 5.54 Å². The zero-order valence-electron chi connectivity index (χ0n) is 11.1. The molecule has 0 saturated carbocycles. The molecule has 0 amide bonds. The van der Waals surface area contributed by atoms with Crippen LogP contribution < -0.4 is 5.32 Å². The number of rotatable bonds is 3. The van der Waals surface area contributed by atoms with Crippen LogP contribution in [-0.2, 0) is 14.3 Å². The largest absolute Gasteiger partial charge is 0.467 e. The van der Waals surface area contributed by atoms with Gasteiger partial charge in [-0.25, -0.2) is 4.79 Å². The summed E-state index contributed by atoms with van der Waals surface area (Å²) >= 11 is 3.40. The van der Waals surface area contributed by atoms with E-state index >= 15 is 0 Å². The summed E-state index contributed by atoms with van der Waals surface area (Å²) in [5.41, 5.74) is 0.197. The van der Waals surface area contributed by atoms with Crippen molar-refractivity contribution in [2.75, 3.05) is 25.6 Å². The maximum absolute atomic E-state index is 12.2. The van der Waals surface area contributed by atoms with Gasteiger partial charge in [0, 0.05) is 29.1 Å². The molecule has 1 aliphatic rings. The Kier molecular flexibility index (Phi) is 4.47. The lowest BCUT2D eigenvalue weighted by molar-refractivity contribution is -0.152. The van der Waals surface area contributed by atoms with E-state index in [1.54, 1.807) is 0 Å². The minimum atomic E-state index is -0.708. The van der Waals surface area contributed by atoms with E-state index in [-0.39, 0.29) is 11.9 Å². The quantitative estimate of drug-likeness (QED) is 0.867. The second kappa shape index (κ2) is 5.92. The number of nitrogens with one attached hydrogen (secondary N) is 1. The Balaban J connectivity index is 2.27. The molecular formula is C14H18BrNO3. The summed E-state index contributed by atoms with van der Waals surface area (Å²) in [5.74, 6) is -0.177. The van der Waals surface area contributed by atoms with Crippen LogP contribution in [0.4, 0.5) is 5.69 Å². The van der Waals surface area contributed by atoms with Crippen LogP contribution >= 0.6 is 15.9 Å². The highest BCUT2D eigenvalue weighted by atomic mass is 79.9. The van der Waals surface area contributed by atoms with Gasteiger partial charge in [-0.15, -0.1) is 0 Å². The molecule has 2 unspecified atom stereocenters. The molecule has 0 aliphatic carbocycles. The fourth-order valence-corrected chi connectivity index (χ4v) is 2.66. The van der Waals surface area contributed by atoms with Gasteiger partial charge in [0.2, 0.25) is 0 Å². The highest BCUT2D eigenvalue weighted by Gasteiger charge is 2.46. The van der Waals surface area contributed by atoms with Crippen LogP contribution in [-0.4, -0.2) is 31.8 Å². The first-order valence-electron chi connectivity index (χ1n) is 6.28. The van der Waals surface area contributed by atoms with E-state index in [1.165, 1.54) is 7.11 Å². The summed E-state index contributed by atoms with van der Waals surface area (Å²) in [6.45, 7) is 3.11. The third kappa shape index (κ3) is 2.92. The third-order valence-electron chi connectivity index (χ3n) is 3.61. The molecule has 4 nitrogen and oxygen atoms in total. The SMILES string of the molecule is COC(=O)C1(Nc2ccc(Br)cc2)CCOCC1C. The van der Waals surface area contributed by atoms with Gasteiger partial charge in [0.15, 0.2) is 0 Å². The molecular weight excluding hydrogens is 310 g/mol. The van der Waals surface area contributed by atoms with Crippen LogP contribution in [0.1, 0.15) is 13.3 Å². The summed E-state index contributed by atoms with van der Waals surface area (Å²) in [6.07, 6.45) is 0.608. The van der Waals surface area contributed by atoms with Gasteiger partial charge >= 0.3 is 5.97 Å². The molecule has 0 bridgehead atoms. The zero-order valence-corrected chi connectivity index (χ0v) is 12.7. The van der Waals surface area contributed by atoms with Crippen molar-refractivity contribution >= 4 is 27.6 Å². The summed E-state index contributed by atoms with van der Waals surface area (Å²) in [4.78, 5) is 12.2. The van der Waals surface area contributed by atoms with E-state index in [1.807, 2.05) is 31.2 Å². The number of ether oxygens (including phenoxy) is 2. The van der Waals surface area contributed by atoms with Gasteiger partial charge in [0.05, 0.1) is 13.7 Å². The van der Waals surface area contributed by atoms with E-state index in [0.717, 1.165) is 10.2 Å². The smallest absolute Gasteiger partial charge is 0.331 e. The number of carbonyl (C=O) groups excluding carboxylic acids is 1. The number of benzene rings is 1. The topological polar surface area (TPSA) is 47.6 Å². The Hall–Kier alpha value is -1.07. The lowest BCUT2D eigenvalue weighted by Crippen LogP contribution is -2.56. The lowest BCUT2D eigenvalue weighted by atomic mass is 9.80. The first kappa shape index (κ1) is 14.3. The number of hydrogen-bond donors (Lipinski definition) is 1. The van der Waals surface area contributed by atoms with Crippen molar-refractivity contribution < 1.29 is 14.3 Å². The predicted molar refractivity (Wildman–Crippen MR) is 77.1 cm³/mol. The Bertz CT molecular complexity index is 449. The van der Waals surface area contributed by atoms with Crippen molar-refractivity contribution in [2.24, 2.45) is 5.92 Å². The van der Waals surface area contributed by atoms with Crippen LogP contribution in [0.3, 0.4) is 0 Å². The van der Waals surface area contributed by atoms with Gasteiger partial charge in [-0.1, -0.05) is 22.9 Å². The molecule has 19 heavy (non-hydrogen) atoms. The van der Waals surface area contributed by atoms with Crippen LogP contribution in [0.15, 0.2) is 28.7 Å². The molecule has 1 heterocycles. The van der Waals surface area contributed by atoms with Crippen LogP contribution in [0.2, 0.25) is 0 Å². The molecule has 1 aromatic carbocycles. The number of hydrogen-bond acceptors (Lipinski definition) is 4. The van der Waals surface area contributed by atoms with Crippen molar-refractivity contribution in [3.63, 3.8) is 0 Å². The molecule has 1 saturated heterocycles. The predicted octanol–water partition coefficient (Wildman–Crippen LogP) is 2.83. The fraction of sp³-hybridized carbons (Fsp3) is 0.500. The maximum Gasteiger partial charge on any atom is 0.331 e. The van der Waals surface area contributed by atoms with Crippen LogP contribution in [0.5, 0.6) is 0 Å². The molecule has 2 rings (SSSR count). The number of halogens is 1. The minimum absolute atomic E-state index is 0.0531. The van der Waals surface area contributed by atoms with E-state index in [2.05, 4.69) is 21.2 Å². The standard InChI is InChI=1S/C14H18BrNO3/c1-10-9-19-8-7-14(10,13(17)18-2)16-12-5-3-11(15)4-6-12/h3-6,10,16H,7-9H2,1-2H3. The van der Waals surface area contributed by atoms with Crippen molar-refractivity contribution in [1.29, 1.82) is 0 Å². The van der Waals surface area contributed by atoms with Gasteiger partial charge in [0.25, 0.3) is 0 Å². The van der Waals surface area contributed by atoms with Gasteiger partial charge in [-0.2, -0.15) is 0 Å². The first-order chi connectivity index (χ1) is 9.08. The van der Waals surface area contributed by atoms with Gasteiger partial charge in [-0.3, -0.25) is 0 Å². The van der Waals surface area contributed by atoms with Crippen LogP contribution in [0.25, 0.3) is 0 Å². The third-order valence-corrected chi connectivity index (χ3v) is 4.14. The first-order valence-corrected chi connectivity index (χ1v) is 7.08. The Morgan fingerprint density at radius 3 is 2.74 bits per heavy atom. The number of esters is 1. The van der Waals surface area contributed by atoms with Gasteiger partial charge < -0.3 is 14.8 Å². The zero-order chi connectivity index (χ0) is 13.9. The number of methoxy groups -OCH3 is 1. The fourth-order valence-electron chi connectivity index (χ4n) is 2.39. The molecule has 0 radical (unpaired) electrons. The molecule has 104 valence electrons. The van der Waals surface area contributed by atoms with Crippen molar-refractivity contribution in [3.05, 3.63) is 28.7 Å². The minimum Gasteiger partial charge on any atom is -0.467 e. The Morgan fingerprint density at radius 2 is 2.16 bits per heavy atom. The molecule has 0 spiro atoms. The highest BCUT2D eigenvalue weighted by molar-refractivity contribution is 9.10. The molecule has 1 N–H and O–H groups in total. The normalized spacial score (nSPS) is 26.8. The van der Waals surface area contributed by atoms with E-state index in [0.29, 0.717) is 19.6 Å². The average Bonchev–Trinajstić information content (AvgIpc) is 2.43. The average molecular weight is 328 g/mol. The molecule has 1 fully saturated rings. The monoisotopic (exact) mass is 327 g/mol. The summed E-state index contributed by atoms with van der Waals surface area (Å²) < 4.78 is 11.4. The Morgan fingerprint density at radius 1 is 1.47 bits per heavy atom. The van der Waals surface area contributed by atoms with Gasteiger partial charge in [0.1, 0.15) is 5.54 Å².